The number of hydrogen-bond donors (Lipinski definition) is 2. The molecule has 3 aliphatic carbocycles. The Balaban J connectivity index is 1.27. The van der Waals surface area contributed by atoms with E-state index < -0.39 is 11.9 Å². The molecule has 10 heteroatoms. The van der Waals surface area contributed by atoms with Crippen molar-refractivity contribution in [3.05, 3.63) is 46.9 Å². The monoisotopic (exact) mass is 426 g/mol. The molecule has 154 valence electrons. The molecule has 2 bridgehead atoms. The lowest BCUT2D eigenvalue weighted by Crippen LogP contribution is -2.81. The second kappa shape index (κ2) is 6.76. The first-order valence-corrected chi connectivity index (χ1v) is 9.33. The fraction of sp³-hybridized carbons (Fsp3) is 0.421. The van der Waals surface area contributed by atoms with E-state index in [-0.39, 0.29) is 29.4 Å². The van der Waals surface area contributed by atoms with Crippen LogP contribution in [0.2, 0.25) is 5.02 Å². The Kier molecular flexibility index (Phi) is 4.60. The lowest BCUT2D eigenvalue weighted by atomic mass is 9.44. The molecule has 1 heterocycles. The first-order chi connectivity index (χ1) is 13.6. The number of aromatic nitrogens is 2. The van der Waals surface area contributed by atoms with E-state index in [0.29, 0.717) is 36.2 Å². The second-order valence-electron chi connectivity index (χ2n) is 7.75. The summed E-state index contributed by atoms with van der Waals surface area (Å²) in [5.74, 6) is 0.395. The van der Waals surface area contributed by atoms with E-state index in [9.17, 15) is 18.0 Å². The average Bonchev–Trinajstić information content (AvgIpc) is 2.59. The van der Waals surface area contributed by atoms with Gasteiger partial charge in [0.15, 0.2) is 12.3 Å². The molecule has 0 aliphatic heterocycles. The fourth-order valence-corrected chi connectivity index (χ4v) is 4.19. The van der Waals surface area contributed by atoms with Crippen molar-refractivity contribution in [1.29, 1.82) is 0 Å². The summed E-state index contributed by atoms with van der Waals surface area (Å²) in [5, 5.41) is 6.61. The molecule has 0 saturated heterocycles. The largest absolute Gasteiger partial charge is 0.484 e. The molecule has 0 atom stereocenters. The molecular weight excluding hydrogens is 409 g/mol. The number of anilines is 1. The van der Waals surface area contributed by atoms with Crippen LogP contribution in [-0.2, 0) is 11.0 Å². The highest BCUT2D eigenvalue weighted by Gasteiger charge is 2.69. The van der Waals surface area contributed by atoms with Gasteiger partial charge in [0.1, 0.15) is 11.6 Å². The maximum absolute atomic E-state index is 12.8. The van der Waals surface area contributed by atoms with E-state index >= 15 is 0 Å². The van der Waals surface area contributed by atoms with E-state index in [2.05, 4.69) is 20.6 Å². The molecular formula is C19H18ClF3N4O2. The van der Waals surface area contributed by atoms with Gasteiger partial charge in [0.2, 0.25) is 0 Å². The molecule has 5 rings (SSSR count). The predicted octanol–water partition coefficient (Wildman–Crippen LogP) is 3.74. The molecule has 2 N–H and O–H groups in total. The van der Waals surface area contributed by atoms with Crippen LogP contribution in [0.3, 0.4) is 0 Å². The van der Waals surface area contributed by atoms with Gasteiger partial charge in [0.25, 0.3) is 5.91 Å². The minimum Gasteiger partial charge on any atom is -0.484 e. The van der Waals surface area contributed by atoms with Crippen LogP contribution >= 0.6 is 11.6 Å². The van der Waals surface area contributed by atoms with Crippen molar-refractivity contribution in [2.75, 3.05) is 11.9 Å². The van der Waals surface area contributed by atoms with Gasteiger partial charge in [0, 0.05) is 16.1 Å². The Labute approximate surface area is 169 Å². The Hall–Kier alpha value is -2.55. The van der Waals surface area contributed by atoms with Crippen LogP contribution in [0.1, 0.15) is 30.5 Å². The number of nitrogens with zero attached hydrogens (tertiary/aromatic N) is 2. The SMILES string of the molecule is Cc1cc(OCC(=O)NC23CC(Nc4cncc(C(F)(F)F)n4)(C2)C3)ccc1Cl. The van der Waals surface area contributed by atoms with Gasteiger partial charge in [-0.3, -0.25) is 9.78 Å². The third kappa shape index (κ3) is 3.96. The van der Waals surface area contributed by atoms with Crippen molar-refractivity contribution in [2.45, 2.75) is 43.4 Å². The number of alkyl halides is 3. The summed E-state index contributed by atoms with van der Waals surface area (Å²) in [6.07, 6.45) is -0.737. The average molecular weight is 427 g/mol. The van der Waals surface area contributed by atoms with Gasteiger partial charge in [-0.2, -0.15) is 13.2 Å². The van der Waals surface area contributed by atoms with Gasteiger partial charge >= 0.3 is 6.18 Å². The summed E-state index contributed by atoms with van der Waals surface area (Å²) in [6.45, 7) is 1.72. The van der Waals surface area contributed by atoms with Crippen LogP contribution in [-0.4, -0.2) is 33.6 Å². The number of amides is 1. The van der Waals surface area contributed by atoms with Crippen molar-refractivity contribution >= 4 is 23.3 Å². The minimum absolute atomic E-state index is 0.0842. The van der Waals surface area contributed by atoms with Crippen molar-refractivity contribution in [1.82, 2.24) is 15.3 Å². The van der Waals surface area contributed by atoms with E-state index in [1.54, 1.807) is 18.2 Å². The molecule has 3 fully saturated rings. The number of rotatable bonds is 6. The highest BCUT2D eigenvalue weighted by molar-refractivity contribution is 6.31. The normalized spacial score (nSPS) is 24.9. The van der Waals surface area contributed by atoms with Crippen molar-refractivity contribution in [2.24, 2.45) is 0 Å². The standard InChI is InChI=1S/C19H18ClF3N4O2/c1-11-4-12(2-3-13(11)20)29-7-16(28)27-18-8-17(9-18,10-18)26-15-6-24-5-14(25-15)19(21,22)23/h2-6H,7-10H2,1H3,(H,25,26)(H,27,28). The highest BCUT2D eigenvalue weighted by Crippen LogP contribution is 2.61. The van der Waals surface area contributed by atoms with Crippen molar-refractivity contribution < 1.29 is 22.7 Å². The van der Waals surface area contributed by atoms with E-state index in [0.717, 1.165) is 5.56 Å². The van der Waals surface area contributed by atoms with E-state index in [1.165, 1.54) is 6.20 Å². The highest BCUT2D eigenvalue weighted by atomic mass is 35.5. The minimum atomic E-state index is -4.54. The summed E-state index contributed by atoms with van der Waals surface area (Å²) in [6, 6.07) is 5.15. The number of hydrogen-bond acceptors (Lipinski definition) is 5. The number of benzene rings is 1. The van der Waals surface area contributed by atoms with Gasteiger partial charge in [-0.15, -0.1) is 0 Å². The second-order valence-corrected chi connectivity index (χ2v) is 8.16. The van der Waals surface area contributed by atoms with Gasteiger partial charge in [0.05, 0.1) is 12.4 Å². The first kappa shape index (κ1) is 19.8. The molecule has 2 aromatic rings. The number of carbonyl (C=O) groups excluding carboxylic acids is 1. The van der Waals surface area contributed by atoms with E-state index in [4.69, 9.17) is 16.3 Å². The molecule has 6 nitrogen and oxygen atoms in total. The number of halogens is 4. The Morgan fingerprint density at radius 3 is 2.62 bits per heavy atom. The summed E-state index contributed by atoms with van der Waals surface area (Å²) in [7, 11) is 0. The third-order valence-electron chi connectivity index (χ3n) is 5.25. The van der Waals surface area contributed by atoms with Gasteiger partial charge in [-0.05, 0) is 49.9 Å². The zero-order valence-electron chi connectivity index (χ0n) is 15.4. The van der Waals surface area contributed by atoms with Crippen LogP contribution in [0.5, 0.6) is 5.75 Å². The summed E-state index contributed by atoms with van der Waals surface area (Å²) < 4.78 is 43.7. The summed E-state index contributed by atoms with van der Waals surface area (Å²) in [4.78, 5) is 19.4. The maximum Gasteiger partial charge on any atom is 0.434 e. The maximum atomic E-state index is 12.8. The fourth-order valence-electron chi connectivity index (χ4n) is 4.08. The number of nitrogens with one attached hydrogen (secondary N) is 2. The van der Waals surface area contributed by atoms with Crippen molar-refractivity contribution in [3.63, 3.8) is 0 Å². The zero-order valence-corrected chi connectivity index (χ0v) is 16.2. The molecule has 0 unspecified atom stereocenters. The van der Waals surface area contributed by atoms with Crippen LogP contribution in [0.25, 0.3) is 0 Å². The van der Waals surface area contributed by atoms with E-state index in [1.807, 2.05) is 6.92 Å². The lowest BCUT2D eigenvalue weighted by Gasteiger charge is -2.70. The first-order valence-electron chi connectivity index (χ1n) is 8.96. The number of carbonyl (C=O) groups is 1. The molecule has 3 aliphatic rings. The summed E-state index contributed by atoms with van der Waals surface area (Å²) in [5.41, 5.74) is -0.861. The zero-order chi connectivity index (χ0) is 20.9. The quantitative estimate of drug-likeness (QED) is 0.736. The molecule has 0 spiro atoms. The van der Waals surface area contributed by atoms with Crippen molar-refractivity contribution in [3.8, 4) is 5.75 Å². The summed E-state index contributed by atoms with van der Waals surface area (Å²) >= 11 is 5.96. The van der Waals surface area contributed by atoms with Crippen LogP contribution in [0, 0.1) is 6.92 Å². The molecule has 1 amide bonds. The van der Waals surface area contributed by atoms with Gasteiger partial charge in [-0.25, -0.2) is 4.98 Å². The van der Waals surface area contributed by atoms with Gasteiger partial charge < -0.3 is 15.4 Å². The molecule has 3 saturated carbocycles. The Morgan fingerprint density at radius 1 is 1.24 bits per heavy atom. The van der Waals surface area contributed by atoms with Crippen LogP contribution < -0.4 is 15.4 Å². The van der Waals surface area contributed by atoms with Crippen LogP contribution in [0.15, 0.2) is 30.6 Å². The molecule has 29 heavy (non-hydrogen) atoms. The predicted molar refractivity (Wildman–Crippen MR) is 99.8 cm³/mol. The lowest BCUT2D eigenvalue weighted by molar-refractivity contribution is -0.141. The molecule has 0 radical (unpaired) electrons. The Bertz CT molecular complexity index is 947. The van der Waals surface area contributed by atoms with Gasteiger partial charge in [-0.1, -0.05) is 11.6 Å². The Morgan fingerprint density at radius 2 is 1.97 bits per heavy atom. The smallest absolute Gasteiger partial charge is 0.434 e. The topological polar surface area (TPSA) is 76.1 Å². The number of aryl methyl sites for hydroxylation is 1. The third-order valence-corrected chi connectivity index (χ3v) is 5.68. The van der Waals surface area contributed by atoms with Crippen LogP contribution in [0.4, 0.5) is 19.0 Å². The molecule has 1 aromatic heterocycles. The molecule has 1 aromatic carbocycles. The number of ether oxygens (including phenoxy) is 1.